The van der Waals surface area contributed by atoms with E-state index < -0.39 is 6.85 Å². The molecule has 3 heterocycles. The highest BCUT2D eigenvalue weighted by atomic mass is 16.3. The summed E-state index contributed by atoms with van der Waals surface area (Å²) in [6, 6.07) is 24.6. The van der Waals surface area contributed by atoms with E-state index in [1.165, 1.54) is 16.8 Å². The highest BCUT2D eigenvalue weighted by Gasteiger charge is 2.32. The second-order valence-electron chi connectivity index (χ2n) is 9.89. The number of aromatic nitrogens is 1. The molecule has 6 rings (SSSR count). The second-order valence-corrected chi connectivity index (χ2v) is 9.89. The Labute approximate surface area is 211 Å². The van der Waals surface area contributed by atoms with Crippen molar-refractivity contribution in [2.24, 2.45) is 0 Å². The molecule has 0 atom stereocenters. The number of hydrogen-bond acceptors (Lipinski definition) is 4. The van der Waals surface area contributed by atoms with E-state index in [1.807, 2.05) is 12.1 Å². The Balaban J connectivity index is 1.54. The molecule has 0 fully saturated rings. The molecule has 2 aromatic heterocycles. The number of pyridine rings is 1. The first-order valence-electron chi connectivity index (χ1n) is 13.7. The molecule has 0 bridgehead atoms. The largest absolute Gasteiger partial charge is 0.435 e. The van der Waals surface area contributed by atoms with Crippen molar-refractivity contribution in [1.29, 1.82) is 0 Å². The number of rotatable bonds is 4. The summed E-state index contributed by atoms with van der Waals surface area (Å²) >= 11 is 0. The van der Waals surface area contributed by atoms with Crippen molar-refractivity contribution in [2.75, 3.05) is 16.5 Å². The lowest BCUT2D eigenvalue weighted by Crippen LogP contribution is -2.26. The zero-order chi connectivity index (χ0) is 26.8. The lowest BCUT2D eigenvalue weighted by molar-refractivity contribution is 0.652. The van der Waals surface area contributed by atoms with Crippen LogP contribution >= 0.6 is 0 Å². The van der Waals surface area contributed by atoms with E-state index in [0.717, 1.165) is 27.8 Å². The van der Waals surface area contributed by atoms with Gasteiger partial charge in [-0.1, -0.05) is 70.2 Å². The van der Waals surface area contributed by atoms with Gasteiger partial charge in [0.15, 0.2) is 5.58 Å². The molecule has 0 aliphatic carbocycles. The first kappa shape index (κ1) is 18.5. The van der Waals surface area contributed by atoms with Crippen LogP contribution in [0.15, 0.2) is 77.2 Å². The SMILES string of the molecule is [2H]C([2H])([2H])c1ccc2c(n1)oc1c(N3CN(c4c(C(C)C)cccc4C(C)C)c4ccccc43)cccc12. The Hall–Kier alpha value is -3.79. The van der Waals surface area contributed by atoms with Gasteiger partial charge in [0.2, 0.25) is 5.71 Å². The summed E-state index contributed by atoms with van der Waals surface area (Å²) in [5.74, 6) is 0.754. The molecule has 5 aromatic rings. The van der Waals surface area contributed by atoms with Crippen molar-refractivity contribution in [3.05, 3.63) is 89.6 Å². The van der Waals surface area contributed by atoms with Gasteiger partial charge in [-0.2, -0.15) is 0 Å². The van der Waals surface area contributed by atoms with Crippen LogP contribution in [-0.2, 0) is 0 Å². The molecular weight excluding hydrogens is 430 g/mol. The fraction of sp³-hybridized carbons (Fsp3) is 0.258. The van der Waals surface area contributed by atoms with Crippen molar-refractivity contribution < 1.29 is 8.53 Å². The average Bonchev–Trinajstić information content (AvgIpc) is 3.46. The van der Waals surface area contributed by atoms with Crippen molar-refractivity contribution in [3.63, 3.8) is 0 Å². The van der Waals surface area contributed by atoms with E-state index >= 15 is 0 Å². The van der Waals surface area contributed by atoms with Crippen LogP contribution in [0.4, 0.5) is 22.7 Å². The molecule has 0 amide bonds. The molecule has 35 heavy (non-hydrogen) atoms. The monoisotopic (exact) mass is 464 g/mol. The van der Waals surface area contributed by atoms with E-state index in [-0.39, 0.29) is 5.69 Å². The first-order chi connectivity index (χ1) is 18.1. The molecule has 0 radical (unpaired) electrons. The maximum Gasteiger partial charge on any atom is 0.227 e. The molecule has 3 aromatic carbocycles. The summed E-state index contributed by atoms with van der Waals surface area (Å²) in [5, 5.41) is 1.73. The summed E-state index contributed by atoms with van der Waals surface area (Å²) in [7, 11) is 0. The minimum absolute atomic E-state index is 0.0369. The lowest BCUT2D eigenvalue weighted by Gasteiger charge is -2.29. The summed E-state index contributed by atoms with van der Waals surface area (Å²) in [6.45, 7) is 7.34. The van der Waals surface area contributed by atoms with Gasteiger partial charge < -0.3 is 14.2 Å². The number of hydrogen-bond donors (Lipinski definition) is 0. The smallest absolute Gasteiger partial charge is 0.227 e. The first-order valence-corrected chi connectivity index (χ1v) is 12.2. The van der Waals surface area contributed by atoms with Crippen LogP contribution in [0.1, 0.15) is 60.5 Å². The van der Waals surface area contributed by atoms with Crippen molar-refractivity contribution in [3.8, 4) is 0 Å². The van der Waals surface area contributed by atoms with E-state index in [9.17, 15) is 0 Å². The second kappa shape index (κ2) is 8.16. The summed E-state index contributed by atoms with van der Waals surface area (Å²) < 4.78 is 29.6. The van der Waals surface area contributed by atoms with E-state index in [0.29, 0.717) is 29.8 Å². The quantitative estimate of drug-likeness (QED) is 0.266. The molecule has 0 unspecified atom stereocenters. The average molecular weight is 465 g/mol. The summed E-state index contributed by atoms with van der Waals surface area (Å²) in [5.41, 5.74) is 8.20. The molecule has 1 aliphatic heterocycles. The van der Waals surface area contributed by atoms with Crippen LogP contribution < -0.4 is 9.80 Å². The minimum atomic E-state index is -2.29. The Kier molecular flexibility index (Phi) is 4.32. The van der Waals surface area contributed by atoms with Gasteiger partial charge in [-0.25, -0.2) is 4.98 Å². The third kappa shape index (κ3) is 3.39. The number of furan rings is 1. The van der Waals surface area contributed by atoms with Crippen molar-refractivity contribution >= 4 is 44.8 Å². The maximum absolute atomic E-state index is 7.76. The molecule has 1 aliphatic rings. The molecule has 0 saturated carbocycles. The number of nitrogens with zero attached hydrogens (tertiary/aromatic N) is 3. The molecular formula is C31H31N3O. The highest BCUT2D eigenvalue weighted by molar-refractivity contribution is 6.09. The Morgan fingerprint density at radius 3 is 2.09 bits per heavy atom. The highest BCUT2D eigenvalue weighted by Crippen LogP contribution is 2.49. The molecule has 0 saturated heterocycles. The zero-order valence-corrected chi connectivity index (χ0v) is 20.5. The minimum Gasteiger partial charge on any atom is -0.435 e. The molecule has 0 spiro atoms. The van der Waals surface area contributed by atoms with Crippen LogP contribution in [-0.4, -0.2) is 11.7 Å². The summed E-state index contributed by atoms with van der Waals surface area (Å²) in [6.07, 6.45) is 0. The molecule has 4 nitrogen and oxygen atoms in total. The number of para-hydroxylation sites is 4. The van der Waals surface area contributed by atoms with Crippen LogP contribution in [0, 0.1) is 6.85 Å². The van der Waals surface area contributed by atoms with Crippen LogP contribution in [0.5, 0.6) is 0 Å². The third-order valence-electron chi connectivity index (χ3n) is 6.99. The Morgan fingerprint density at radius 1 is 0.743 bits per heavy atom. The van der Waals surface area contributed by atoms with Gasteiger partial charge in [-0.05, 0) is 60.1 Å². The van der Waals surface area contributed by atoms with Gasteiger partial charge >= 0.3 is 0 Å². The molecule has 176 valence electrons. The predicted molar refractivity (Wildman–Crippen MR) is 146 cm³/mol. The van der Waals surface area contributed by atoms with E-state index in [2.05, 4.69) is 91.0 Å². The van der Waals surface area contributed by atoms with Crippen molar-refractivity contribution in [2.45, 2.75) is 46.4 Å². The Morgan fingerprint density at radius 2 is 1.40 bits per heavy atom. The zero-order valence-electron chi connectivity index (χ0n) is 23.5. The van der Waals surface area contributed by atoms with Gasteiger partial charge in [-0.3, -0.25) is 0 Å². The number of fused-ring (bicyclic) bond motifs is 4. The van der Waals surface area contributed by atoms with Gasteiger partial charge in [0.05, 0.1) is 17.1 Å². The predicted octanol–water partition coefficient (Wildman–Crippen LogP) is 8.78. The molecule has 4 heteroatoms. The van der Waals surface area contributed by atoms with Crippen LogP contribution in [0.3, 0.4) is 0 Å². The normalized spacial score (nSPS) is 15.2. The maximum atomic E-state index is 7.76. The van der Waals surface area contributed by atoms with Gasteiger partial charge in [-0.15, -0.1) is 0 Å². The standard InChI is InChI=1S/C31H31N3O/c1-19(2)22-10-8-11-23(20(3)4)29(22)34-18-33(26-13-6-7-14-27(26)34)28-15-9-12-24-25-17-16-21(5)32-31(25)35-30(24)28/h6-17,19-20H,18H2,1-5H3/i5D3. The summed E-state index contributed by atoms with van der Waals surface area (Å²) in [4.78, 5) is 9.07. The fourth-order valence-electron chi connectivity index (χ4n) is 5.31. The molecule has 0 N–H and O–H groups in total. The number of anilines is 4. The van der Waals surface area contributed by atoms with Crippen LogP contribution in [0.25, 0.3) is 22.1 Å². The fourth-order valence-corrected chi connectivity index (χ4v) is 5.31. The van der Waals surface area contributed by atoms with Gasteiger partial charge in [0.1, 0.15) is 6.67 Å². The van der Waals surface area contributed by atoms with Crippen molar-refractivity contribution in [1.82, 2.24) is 4.98 Å². The van der Waals surface area contributed by atoms with E-state index in [4.69, 9.17) is 8.53 Å². The lowest BCUT2D eigenvalue weighted by atomic mass is 9.92. The van der Waals surface area contributed by atoms with Gasteiger partial charge in [0.25, 0.3) is 0 Å². The number of aryl methyl sites for hydroxylation is 1. The van der Waals surface area contributed by atoms with Gasteiger partial charge in [0, 0.05) is 26.3 Å². The third-order valence-corrected chi connectivity index (χ3v) is 6.99. The topological polar surface area (TPSA) is 32.5 Å². The van der Waals surface area contributed by atoms with Crippen LogP contribution in [0.2, 0.25) is 0 Å². The number of benzene rings is 3. The Bertz CT molecular complexity index is 1640. The van der Waals surface area contributed by atoms with E-state index in [1.54, 1.807) is 12.1 Å².